The summed E-state index contributed by atoms with van der Waals surface area (Å²) < 4.78 is 0. The third kappa shape index (κ3) is 4.77. The molecule has 4 nitrogen and oxygen atoms in total. The fourth-order valence-electron chi connectivity index (χ4n) is 0.993. The molecule has 80 valence electrons. The molecule has 1 aromatic rings. The van der Waals surface area contributed by atoms with E-state index in [0.717, 1.165) is 18.0 Å². The summed E-state index contributed by atoms with van der Waals surface area (Å²) in [4.78, 5) is 7.92. The zero-order chi connectivity index (χ0) is 10.9. The van der Waals surface area contributed by atoms with E-state index in [9.17, 15) is 0 Å². The molecule has 0 aliphatic carbocycles. The van der Waals surface area contributed by atoms with Gasteiger partial charge in [-0.3, -0.25) is 0 Å². The van der Waals surface area contributed by atoms with Gasteiger partial charge in [-0.15, -0.1) is 11.8 Å². The molecule has 0 saturated carbocycles. The van der Waals surface area contributed by atoms with Crippen molar-refractivity contribution >= 4 is 11.8 Å². The lowest BCUT2D eigenvalue weighted by molar-refractivity contribution is 0.637. The highest BCUT2D eigenvalue weighted by Crippen LogP contribution is 2.14. The van der Waals surface area contributed by atoms with Crippen LogP contribution in [0.1, 0.15) is 13.3 Å². The largest absolute Gasteiger partial charge is 0.301 e. The number of aromatic nitrogens is 2. The van der Waals surface area contributed by atoms with Crippen LogP contribution >= 0.6 is 11.8 Å². The molecule has 15 heavy (non-hydrogen) atoms. The van der Waals surface area contributed by atoms with E-state index in [2.05, 4.69) is 28.3 Å². The first-order valence-electron chi connectivity index (χ1n) is 4.88. The molecule has 5 heteroatoms. The molecule has 0 aliphatic rings. The molecule has 0 bridgehead atoms. The molecule has 0 spiro atoms. The first kappa shape index (κ1) is 12.0. The maximum absolute atomic E-state index is 8.87. The fraction of sp³-hybridized carbons (Fsp3) is 0.500. The van der Waals surface area contributed by atoms with E-state index in [4.69, 9.17) is 5.26 Å². The number of nitrogens with zero attached hydrogens (tertiary/aromatic N) is 3. The Morgan fingerprint density at radius 1 is 1.67 bits per heavy atom. The molecule has 0 fully saturated rings. The molecule has 1 heterocycles. The number of nitrogens with one attached hydrogen (secondary N) is 1. The van der Waals surface area contributed by atoms with Gasteiger partial charge in [0, 0.05) is 11.9 Å². The number of hydrogen-bond acceptors (Lipinski definition) is 5. The first-order chi connectivity index (χ1) is 7.36. The van der Waals surface area contributed by atoms with Crippen LogP contribution in [0, 0.1) is 11.3 Å². The molecular weight excluding hydrogens is 208 g/mol. The van der Waals surface area contributed by atoms with Crippen molar-refractivity contribution in [2.75, 3.05) is 12.3 Å². The molecule has 0 aromatic carbocycles. The highest BCUT2D eigenvalue weighted by molar-refractivity contribution is 7.99. The minimum absolute atomic E-state index is 0.107. The average molecular weight is 222 g/mol. The van der Waals surface area contributed by atoms with Crippen LogP contribution in [-0.4, -0.2) is 28.3 Å². The zero-order valence-electron chi connectivity index (χ0n) is 8.68. The number of nitriles is 1. The summed E-state index contributed by atoms with van der Waals surface area (Å²) in [7, 11) is 0. The van der Waals surface area contributed by atoms with E-state index in [1.165, 1.54) is 6.33 Å². The highest BCUT2D eigenvalue weighted by Gasteiger charge is 2.06. The summed E-state index contributed by atoms with van der Waals surface area (Å²) in [5.74, 6) is 0.716. The lowest BCUT2D eigenvalue weighted by Crippen LogP contribution is -2.30. The quantitative estimate of drug-likeness (QED) is 0.583. The number of hydrogen-bond donors (Lipinski definition) is 1. The van der Waals surface area contributed by atoms with Crippen molar-refractivity contribution < 1.29 is 0 Å². The van der Waals surface area contributed by atoms with Crippen molar-refractivity contribution in [3.63, 3.8) is 0 Å². The van der Waals surface area contributed by atoms with Gasteiger partial charge >= 0.3 is 0 Å². The maximum Gasteiger partial charge on any atom is 0.116 e. The minimum Gasteiger partial charge on any atom is -0.301 e. The topological polar surface area (TPSA) is 61.6 Å². The van der Waals surface area contributed by atoms with Crippen LogP contribution in [0.4, 0.5) is 0 Å². The zero-order valence-corrected chi connectivity index (χ0v) is 9.50. The fourth-order valence-corrected chi connectivity index (χ4v) is 1.80. The van der Waals surface area contributed by atoms with Gasteiger partial charge in [0.1, 0.15) is 12.4 Å². The van der Waals surface area contributed by atoms with Gasteiger partial charge in [0.2, 0.25) is 0 Å². The molecule has 0 amide bonds. The van der Waals surface area contributed by atoms with E-state index >= 15 is 0 Å². The van der Waals surface area contributed by atoms with E-state index in [0.29, 0.717) is 5.75 Å². The van der Waals surface area contributed by atoms with E-state index < -0.39 is 0 Å². The van der Waals surface area contributed by atoms with Gasteiger partial charge in [-0.2, -0.15) is 5.26 Å². The van der Waals surface area contributed by atoms with Crippen molar-refractivity contribution in [1.82, 2.24) is 15.3 Å². The van der Waals surface area contributed by atoms with Gasteiger partial charge in [-0.25, -0.2) is 9.97 Å². The molecule has 1 N–H and O–H groups in total. The van der Waals surface area contributed by atoms with Crippen LogP contribution in [0.15, 0.2) is 23.6 Å². The van der Waals surface area contributed by atoms with E-state index in [-0.39, 0.29) is 6.04 Å². The van der Waals surface area contributed by atoms with Crippen LogP contribution in [0.2, 0.25) is 0 Å². The van der Waals surface area contributed by atoms with Crippen LogP contribution in [0.3, 0.4) is 0 Å². The normalized spacial score (nSPS) is 12.0. The Labute approximate surface area is 94.1 Å². The Bertz CT molecular complexity index is 309. The second-order valence-corrected chi connectivity index (χ2v) is 4.03. The molecular formula is C10H14N4S. The van der Waals surface area contributed by atoms with Crippen molar-refractivity contribution in [2.24, 2.45) is 0 Å². The van der Waals surface area contributed by atoms with Gasteiger partial charge in [0.25, 0.3) is 0 Å². The molecule has 1 aromatic heterocycles. The third-order valence-electron chi connectivity index (χ3n) is 1.75. The monoisotopic (exact) mass is 222 g/mol. The van der Waals surface area contributed by atoms with Crippen molar-refractivity contribution in [1.29, 1.82) is 5.26 Å². The Hall–Kier alpha value is -1.12. The predicted octanol–water partition coefficient (Wildman–Crippen LogP) is 1.46. The average Bonchev–Trinajstić information content (AvgIpc) is 2.31. The molecule has 1 rings (SSSR count). The summed E-state index contributed by atoms with van der Waals surface area (Å²) in [6.07, 6.45) is 4.26. The Kier molecular flexibility index (Phi) is 5.74. The highest BCUT2D eigenvalue weighted by atomic mass is 32.2. The van der Waals surface area contributed by atoms with Crippen molar-refractivity contribution in [3.05, 3.63) is 18.6 Å². The lowest BCUT2D eigenvalue weighted by atomic mass is 10.3. The van der Waals surface area contributed by atoms with Crippen molar-refractivity contribution in [2.45, 2.75) is 24.4 Å². The Balaban J connectivity index is 2.32. The van der Waals surface area contributed by atoms with Gasteiger partial charge in [-0.1, -0.05) is 6.92 Å². The van der Waals surface area contributed by atoms with Gasteiger partial charge in [0.15, 0.2) is 0 Å². The van der Waals surface area contributed by atoms with Gasteiger partial charge in [0.05, 0.1) is 11.1 Å². The minimum atomic E-state index is -0.107. The first-order valence-corrected chi connectivity index (χ1v) is 5.87. The molecule has 1 unspecified atom stereocenters. The van der Waals surface area contributed by atoms with E-state index in [1.54, 1.807) is 18.0 Å². The predicted molar refractivity (Wildman–Crippen MR) is 60.5 cm³/mol. The Morgan fingerprint density at radius 2 is 2.53 bits per heavy atom. The smallest absolute Gasteiger partial charge is 0.116 e. The van der Waals surface area contributed by atoms with Crippen LogP contribution in [0.5, 0.6) is 0 Å². The van der Waals surface area contributed by atoms with Crippen LogP contribution in [-0.2, 0) is 0 Å². The SMILES string of the molecule is CCCNC(C#N)CSc1ccncn1. The van der Waals surface area contributed by atoms with Crippen molar-refractivity contribution in [3.8, 4) is 6.07 Å². The molecule has 1 atom stereocenters. The second kappa shape index (κ2) is 7.21. The lowest BCUT2D eigenvalue weighted by Gasteiger charge is -2.09. The second-order valence-electron chi connectivity index (χ2n) is 2.99. The number of rotatable bonds is 6. The molecule has 0 radical (unpaired) electrons. The Morgan fingerprint density at radius 3 is 3.13 bits per heavy atom. The van der Waals surface area contributed by atoms with Gasteiger partial charge < -0.3 is 5.32 Å². The van der Waals surface area contributed by atoms with Crippen LogP contribution < -0.4 is 5.32 Å². The summed E-state index contributed by atoms with van der Waals surface area (Å²) in [6.45, 7) is 2.96. The standard InChI is InChI=1S/C10H14N4S/c1-2-4-13-9(6-11)7-15-10-3-5-12-8-14-10/h3,5,8-9,13H,2,4,7H2,1H3. The summed E-state index contributed by atoms with van der Waals surface area (Å²) in [5.41, 5.74) is 0. The molecule has 0 aliphatic heterocycles. The van der Waals surface area contributed by atoms with E-state index in [1.807, 2.05) is 6.07 Å². The summed E-state index contributed by atoms with van der Waals surface area (Å²) in [6, 6.07) is 3.97. The maximum atomic E-state index is 8.87. The number of thioether (sulfide) groups is 1. The summed E-state index contributed by atoms with van der Waals surface area (Å²) >= 11 is 1.57. The van der Waals surface area contributed by atoms with Gasteiger partial charge in [-0.05, 0) is 19.0 Å². The molecule has 0 saturated heterocycles. The third-order valence-corrected chi connectivity index (χ3v) is 2.79. The van der Waals surface area contributed by atoms with Crippen LogP contribution in [0.25, 0.3) is 0 Å². The summed E-state index contributed by atoms with van der Waals surface area (Å²) in [5, 5.41) is 12.9.